The maximum absolute atomic E-state index is 13.6. The lowest BCUT2D eigenvalue weighted by molar-refractivity contribution is -0.119. The molecule has 1 N–H and O–H groups in total. The van der Waals surface area contributed by atoms with E-state index in [2.05, 4.69) is 26.5 Å². The first kappa shape index (κ1) is 26.5. The van der Waals surface area contributed by atoms with Gasteiger partial charge in [-0.3, -0.25) is 9.10 Å². The Morgan fingerprint density at radius 1 is 1.06 bits per heavy atom. The van der Waals surface area contributed by atoms with Crippen molar-refractivity contribution in [3.63, 3.8) is 0 Å². The van der Waals surface area contributed by atoms with Crippen LogP contribution in [0.25, 0.3) is 0 Å². The maximum atomic E-state index is 13.6. The fourth-order valence-corrected chi connectivity index (χ4v) is 5.11. The maximum Gasteiger partial charge on any atom is 0.264 e. The Morgan fingerprint density at radius 3 is 2.37 bits per heavy atom. The Labute approximate surface area is 217 Å². The van der Waals surface area contributed by atoms with Crippen LogP contribution in [0, 0.1) is 6.92 Å². The molecule has 0 fully saturated rings. The molecule has 0 aliphatic heterocycles. The van der Waals surface area contributed by atoms with Crippen LogP contribution in [0.4, 0.5) is 5.69 Å². The van der Waals surface area contributed by atoms with Crippen molar-refractivity contribution < 1.29 is 22.7 Å². The summed E-state index contributed by atoms with van der Waals surface area (Å²) < 4.78 is 39.5. The Bertz CT molecular complexity index is 1350. The molecular weight excluding hydrogens is 558 g/mol. The van der Waals surface area contributed by atoms with Gasteiger partial charge in [-0.1, -0.05) is 45.2 Å². The average molecular weight is 581 g/mol. The predicted octanol–water partition coefficient (Wildman–Crippen LogP) is 4.77. The molecule has 0 unspecified atom stereocenters. The second-order valence-corrected chi connectivity index (χ2v) is 10.5. The van der Waals surface area contributed by atoms with Crippen molar-refractivity contribution >= 4 is 55.4 Å². The number of sulfonamides is 1. The van der Waals surface area contributed by atoms with Gasteiger partial charge in [0.05, 0.1) is 31.0 Å². The van der Waals surface area contributed by atoms with Crippen molar-refractivity contribution in [3.8, 4) is 11.5 Å². The van der Waals surface area contributed by atoms with Crippen LogP contribution in [0.3, 0.4) is 0 Å². The van der Waals surface area contributed by atoms with E-state index in [0.717, 1.165) is 14.3 Å². The number of methoxy groups -OCH3 is 2. The number of anilines is 1. The third-order valence-electron chi connectivity index (χ3n) is 4.89. The number of nitrogens with zero attached hydrogens (tertiary/aromatic N) is 2. The lowest BCUT2D eigenvalue weighted by Gasteiger charge is -2.25. The fourth-order valence-electron chi connectivity index (χ4n) is 3.14. The zero-order valence-corrected chi connectivity index (χ0v) is 22.3. The minimum Gasteiger partial charge on any atom is -0.496 e. The van der Waals surface area contributed by atoms with E-state index >= 15 is 0 Å². The van der Waals surface area contributed by atoms with Gasteiger partial charge in [-0.05, 0) is 55.5 Å². The predicted molar refractivity (Wildman–Crippen MR) is 140 cm³/mol. The molecule has 8 nitrogen and oxygen atoms in total. The van der Waals surface area contributed by atoms with E-state index < -0.39 is 22.5 Å². The van der Waals surface area contributed by atoms with Crippen molar-refractivity contribution in [1.82, 2.24) is 5.43 Å². The van der Waals surface area contributed by atoms with Gasteiger partial charge in [0, 0.05) is 15.1 Å². The Balaban J connectivity index is 1.93. The summed E-state index contributed by atoms with van der Waals surface area (Å²) in [4.78, 5) is 12.8. The SMILES string of the molecule is COc1ccc(Br)cc1/C=N/NC(=O)CN(c1cc(Cl)ccc1OC)S(=O)(=O)c1ccc(C)cc1. The number of aryl methyl sites for hydroxylation is 1. The molecule has 0 aliphatic carbocycles. The van der Waals surface area contributed by atoms with Crippen LogP contribution in [-0.2, 0) is 14.8 Å². The molecule has 3 rings (SSSR count). The van der Waals surface area contributed by atoms with E-state index in [1.165, 1.54) is 44.7 Å². The van der Waals surface area contributed by atoms with Gasteiger partial charge in [0.15, 0.2) is 0 Å². The van der Waals surface area contributed by atoms with Crippen LogP contribution in [-0.4, -0.2) is 41.3 Å². The van der Waals surface area contributed by atoms with E-state index in [1.807, 2.05) is 6.92 Å². The number of hydrazone groups is 1. The van der Waals surface area contributed by atoms with Gasteiger partial charge in [0.25, 0.3) is 15.9 Å². The molecule has 0 aromatic heterocycles. The van der Waals surface area contributed by atoms with Gasteiger partial charge in [0.2, 0.25) is 0 Å². The smallest absolute Gasteiger partial charge is 0.264 e. The normalized spacial score (nSPS) is 11.3. The molecule has 1 amide bonds. The van der Waals surface area contributed by atoms with Crippen molar-refractivity contribution in [1.29, 1.82) is 0 Å². The van der Waals surface area contributed by atoms with Crippen LogP contribution in [0.15, 0.2) is 75.1 Å². The first-order valence-electron chi connectivity index (χ1n) is 10.2. The Hall–Kier alpha value is -3.08. The lowest BCUT2D eigenvalue weighted by atomic mass is 10.2. The summed E-state index contributed by atoms with van der Waals surface area (Å²) in [5, 5.41) is 4.24. The van der Waals surface area contributed by atoms with E-state index in [-0.39, 0.29) is 21.4 Å². The van der Waals surface area contributed by atoms with Crippen LogP contribution in [0.2, 0.25) is 5.02 Å². The molecule has 184 valence electrons. The first-order valence-corrected chi connectivity index (χ1v) is 12.8. The number of amides is 1. The van der Waals surface area contributed by atoms with Gasteiger partial charge >= 0.3 is 0 Å². The first-order chi connectivity index (χ1) is 16.6. The second kappa shape index (κ2) is 11.6. The summed E-state index contributed by atoms with van der Waals surface area (Å²) >= 11 is 9.52. The summed E-state index contributed by atoms with van der Waals surface area (Å²) in [7, 11) is -1.23. The average Bonchev–Trinajstić information content (AvgIpc) is 2.83. The highest BCUT2D eigenvalue weighted by Gasteiger charge is 2.29. The summed E-state index contributed by atoms with van der Waals surface area (Å²) in [6.45, 7) is 1.28. The molecule has 0 spiro atoms. The molecule has 0 bridgehead atoms. The molecule has 0 radical (unpaired) electrons. The molecule has 0 heterocycles. The summed E-state index contributed by atoms with van der Waals surface area (Å²) in [5.74, 6) is 0.117. The van der Waals surface area contributed by atoms with Crippen LogP contribution in [0.5, 0.6) is 11.5 Å². The third kappa shape index (κ3) is 6.53. The second-order valence-electron chi connectivity index (χ2n) is 7.32. The molecule has 11 heteroatoms. The van der Waals surface area contributed by atoms with Gasteiger partial charge in [-0.25, -0.2) is 13.8 Å². The Kier molecular flexibility index (Phi) is 8.76. The number of hydrogen-bond donors (Lipinski definition) is 1. The molecule has 35 heavy (non-hydrogen) atoms. The Morgan fingerprint density at radius 2 is 1.71 bits per heavy atom. The molecule has 0 saturated heterocycles. The van der Waals surface area contributed by atoms with Gasteiger partial charge in [-0.15, -0.1) is 0 Å². The van der Waals surface area contributed by atoms with Gasteiger partial charge in [0.1, 0.15) is 18.0 Å². The number of hydrogen-bond acceptors (Lipinski definition) is 6. The molecule has 0 saturated carbocycles. The van der Waals surface area contributed by atoms with Crippen molar-refractivity contribution in [2.24, 2.45) is 5.10 Å². The number of nitrogens with one attached hydrogen (secondary N) is 1. The largest absolute Gasteiger partial charge is 0.496 e. The van der Waals surface area contributed by atoms with Gasteiger partial charge in [-0.2, -0.15) is 5.10 Å². The quantitative estimate of drug-likeness (QED) is 0.290. The lowest BCUT2D eigenvalue weighted by Crippen LogP contribution is -2.39. The number of benzene rings is 3. The van der Waals surface area contributed by atoms with Crippen LogP contribution < -0.4 is 19.2 Å². The van der Waals surface area contributed by atoms with Gasteiger partial charge < -0.3 is 9.47 Å². The topological polar surface area (TPSA) is 97.3 Å². The summed E-state index contributed by atoms with van der Waals surface area (Å²) in [6, 6.07) is 16.1. The number of rotatable bonds is 9. The van der Waals surface area contributed by atoms with Crippen molar-refractivity contribution in [3.05, 3.63) is 81.3 Å². The molecule has 3 aromatic carbocycles. The van der Waals surface area contributed by atoms with E-state index in [9.17, 15) is 13.2 Å². The highest BCUT2D eigenvalue weighted by Crippen LogP contribution is 2.34. The van der Waals surface area contributed by atoms with E-state index in [1.54, 1.807) is 36.4 Å². The highest BCUT2D eigenvalue weighted by molar-refractivity contribution is 9.10. The summed E-state index contributed by atoms with van der Waals surface area (Å²) in [5.41, 5.74) is 3.99. The third-order valence-corrected chi connectivity index (χ3v) is 7.39. The molecule has 3 aromatic rings. The molecule has 0 atom stereocenters. The summed E-state index contributed by atoms with van der Waals surface area (Å²) in [6.07, 6.45) is 1.40. The molecular formula is C24H23BrClN3O5S. The van der Waals surface area contributed by atoms with E-state index in [0.29, 0.717) is 11.3 Å². The van der Waals surface area contributed by atoms with Crippen LogP contribution in [0.1, 0.15) is 11.1 Å². The molecule has 0 aliphatic rings. The standard InChI is InChI=1S/C24H23BrClN3O5S/c1-16-4-8-20(9-5-16)35(31,32)29(21-13-19(26)7-11-23(21)34-3)15-24(30)28-27-14-17-12-18(25)6-10-22(17)33-2/h4-14H,15H2,1-3H3,(H,28,30)/b27-14+. The monoisotopic (exact) mass is 579 g/mol. The van der Waals surface area contributed by atoms with E-state index in [4.69, 9.17) is 21.1 Å². The minimum absolute atomic E-state index is 0.0142. The number of ether oxygens (including phenoxy) is 2. The highest BCUT2D eigenvalue weighted by atomic mass is 79.9. The number of carbonyl (C=O) groups excluding carboxylic acids is 1. The fraction of sp³-hybridized carbons (Fsp3) is 0.167. The minimum atomic E-state index is -4.15. The van der Waals surface area contributed by atoms with Crippen LogP contribution >= 0.6 is 27.5 Å². The number of carbonyl (C=O) groups is 1. The van der Waals surface area contributed by atoms with Crippen molar-refractivity contribution in [2.75, 3.05) is 25.1 Å². The zero-order valence-electron chi connectivity index (χ0n) is 19.2. The zero-order chi connectivity index (χ0) is 25.6. The number of halogens is 2. The van der Waals surface area contributed by atoms with Crippen molar-refractivity contribution in [2.45, 2.75) is 11.8 Å².